The molecule has 6 nitrogen and oxygen atoms in total. The third-order valence-electron chi connectivity index (χ3n) is 2.18. The van der Waals surface area contributed by atoms with Crippen molar-refractivity contribution in [3.8, 4) is 0 Å². The summed E-state index contributed by atoms with van der Waals surface area (Å²) in [6.07, 6.45) is 1.60. The lowest BCUT2D eigenvalue weighted by molar-refractivity contribution is 0.101. The number of nitrogens with zero attached hydrogens (tertiary/aromatic N) is 3. The minimum absolute atomic E-state index is 0.0684. The molecule has 0 aliphatic heterocycles. The van der Waals surface area contributed by atoms with Crippen LogP contribution in [0.1, 0.15) is 17.3 Å². The van der Waals surface area contributed by atoms with Crippen LogP contribution in [0.5, 0.6) is 0 Å². The molecule has 2 rings (SSSR count). The van der Waals surface area contributed by atoms with E-state index < -0.39 is 0 Å². The fraction of sp³-hybridized carbons (Fsp3) is 0.200. The minimum atomic E-state index is -0.298. The average molecular weight is 250 g/mol. The number of Topliss-reactive ketones (excluding diaryl/α,β-unsaturated/α-hetero) is 1. The summed E-state index contributed by atoms with van der Waals surface area (Å²) in [5.41, 5.74) is 0.223. The lowest BCUT2D eigenvalue weighted by atomic mass is 10.2. The Balaban J connectivity index is 2.40. The van der Waals surface area contributed by atoms with Gasteiger partial charge in [0, 0.05) is 18.8 Å². The van der Waals surface area contributed by atoms with Crippen molar-refractivity contribution in [3.05, 3.63) is 34.4 Å². The van der Waals surface area contributed by atoms with Gasteiger partial charge in [-0.3, -0.25) is 9.36 Å². The second-order valence-electron chi connectivity index (χ2n) is 3.38. The third kappa shape index (κ3) is 2.28. The number of carbonyl (C=O) groups is 1. The van der Waals surface area contributed by atoms with Gasteiger partial charge < -0.3 is 0 Å². The highest BCUT2D eigenvalue weighted by molar-refractivity contribution is 7.99. The highest BCUT2D eigenvalue weighted by atomic mass is 32.2. The number of aromatic nitrogens is 4. The van der Waals surface area contributed by atoms with Gasteiger partial charge in [0.1, 0.15) is 5.03 Å². The van der Waals surface area contributed by atoms with Crippen LogP contribution in [0.15, 0.2) is 33.3 Å². The molecule has 0 unspecified atom stereocenters. The lowest BCUT2D eigenvalue weighted by Gasteiger charge is -2.03. The number of H-pyrrole nitrogens is 1. The second-order valence-corrected chi connectivity index (χ2v) is 4.34. The van der Waals surface area contributed by atoms with Crippen molar-refractivity contribution >= 4 is 17.5 Å². The van der Waals surface area contributed by atoms with Crippen LogP contribution >= 0.6 is 11.8 Å². The Kier molecular flexibility index (Phi) is 3.10. The molecule has 2 heterocycles. The lowest BCUT2D eigenvalue weighted by Crippen LogP contribution is -2.13. The first-order chi connectivity index (χ1) is 8.09. The van der Waals surface area contributed by atoms with Crippen molar-refractivity contribution in [3.63, 3.8) is 0 Å². The Hall–Kier alpha value is -1.89. The van der Waals surface area contributed by atoms with Gasteiger partial charge in [0.15, 0.2) is 10.9 Å². The van der Waals surface area contributed by atoms with Crippen LogP contribution in [0.25, 0.3) is 0 Å². The van der Waals surface area contributed by atoms with E-state index in [0.717, 1.165) is 0 Å². The van der Waals surface area contributed by atoms with Gasteiger partial charge in [-0.05, 0) is 30.8 Å². The van der Waals surface area contributed by atoms with Crippen molar-refractivity contribution in [1.82, 2.24) is 19.7 Å². The molecule has 88 valence electrons. The standard InChI is InChI=1S/C10H10N4O2S/c1-6(15)7-4-3-5-11-8(7)17-10-13-12-9(16)14(10)2/h3-5H,1-2H3,(H,12,16). The number of aromatic amines is 1. The molecule has 7 heteroatoms. The van der Waals surface area contributed by atoms with Crippen LogP contribution in [0, 0.1) is 0 Å². The van der Waals surface area contributed by atoms with Crippen molar-refractivity contribution in [2.45, 2.75) is 17.1 Å². The molecule has 0 amide bonds. The third-order valence-corrected chi connectivity index (χ3v) is 3.24. The summed E-state index contributed by atoms with van der Waals surface area (Å²) in [4.78, 5) is 26.7. The topological polar surface area (TPSA) is 80.6 Å². The van der Waals surface area contributed by atoms with Gasteiger partial charge in [-0.1, -0.05) is 0 Å². The minimum Gasteiger partial charge on any atom is -0.294 e. The van der Waals surface area contributed by atoms with Crippen molar-refractivity contribution in [1.29, 1.82) is 0 Å². The summed E-state index contributed by atoms with van der Waals surface area (Å²) in [6.45, 7) is 1.48. The van der Waals surface area contributed by atoms with E-state index in [2.05, 4.69) is 15.2 Å². The van der Waals surface area contributed by atoms with Gasteiger partial charge in [-0.2, -0.15) is 0 Å². The largest absolute Gasteiger partial charge is 0.343 e. The van der Waals surface area contributed by atoms with Gasteiger partial charge >= 0.3 is 5.69 Å². The SMILES string of the molecule is CC(=O)c1cccnc1Sc1n[nH]c(=O)n1C. The van der Waals surface area contributed by atoms with Crippen LogP contribution in [-0.2, 0) is 7.05 Å². The zero-order valence-electron chi connectivity index (χ0n) is 9.30. The average Bonchev–Trinajstić information content (AvgIpc) is 2.61. The van der Waals surface area contributed by atoms with E-state index in [9.17, 15) is 9.59 Å². The summed E-state index contributed by atoms with van der Waals surface area (Å²) < 4.78 is 1.36. The number of ketones is 1. The summed E-state index contributed by atoms with van der Waals surface area (Å²) in [7, 11) is 1.60. The Labute approximate surface area is 101 Å². The van der Waals surface area contributed by atoms with E-state index >= 15 is 0 Å². The van der Waals surface area contributed by atoms with E-state index in [1.54, 1.807) is 25.4 Å². The van der Waals surface area contributed by atoms with E-state index in [1.807, 2.05) is 0 Å². The highest BCUT2D eigenvalue weighted by Gasteiger charge is 2.13. The highest BCUT2D eigenvalue weighted by Crippen LogP contribution is 2.25. The maximum Gasteiger partial charge on any atom is 0.343 e. The first-order valence-electron chi connectivity index (χ1n) is 4.85. The monoisotopic (exact) mass is 250 g/mol. The normalized spacial score (nSPS) is 10.5. The van der Waals surface area contributed by atoms with Crippen LogP contribution in [0.4, 0.5) is 0 Å². The molecular weight excluding hydrogens is 240 g/mol. The molecule has 0 radical (unpaired) electrons. The molecule has 1 N–H and O–H groups in total. The number of rotatable bonds is 3. The molecular formula is C10H10N4O2S. The van der Waals surface area contributed by atoms with Crippen LogP contribution in [0.3, 0.4) is 0 Å². The molecule has 0 bridgehead atoms. The summed E-state index contributed by atoms with van der Waals surface area (Å²) in [5.74, 6) is -0.0684. The number of pyridine rings is 1. The van der Waals surface area contributed by atoms with Gasteiger partial charge in [-0.25, -0.2) is 14.9 Å². The zero-order valence-corrected chi connectivity index (χ0v) is 10.1. The molecule has 0 aliphatic rings. The molecule has 0 aliphatic carbocycles. The molecule has 0 atom stereocenters. The van der Waals surface area contributed by atoms with Crippen molar-refractivity contribution in [2.75, 3.05) is 0 Å². The predicted octanol–water partition coefficient (Wildman–Crippen LogP) is 0.857. The van der Waals surface area contributed by atoms with Gasteiger partial charge in [-0.15, -0.1) is 5.10 Å². The Morgan fingerprint density at radius 1 is 1.53 bits per heavy atom. The molecule has 2 aromatic rings. The van der Waals surface area contributed by atoms with Gasteiger partial charge in [0.05, 0.1) is 0 Å². The fourth-order valence-electron chi connectivity index (χ4n) is 1.25. The molecule has 17 heavy (non-hydrogen) atoms. The molecule has 0 spiro atoms. The maximum atomic E-state index is 11.4. The first kappa shape index (κ1) is 11.6. The Morgan fingerprint density at radius 2 is 2.29 bits per heavy atom. The number of carbonyl (C=O) groups excluding carboxylic acids is 1. The molecule has 0 aromatic carbocycles. The molecule has 0 saturated heterocycles. The van der Waals surface area contributed by atoms with Crippen LogP contribution in [-0.4, -0.2) is 25.5 Å². The molecule has 0 fully saturated rings. The van der Waals surface area contributed by atoms with Crippen molar-refractivity contribution < 1.29 is 4.79 Å². The van der Waals surface area contributed by atoms with E-state index in [0.29, 0.717) is 15.7 Å². The van der Waals surface area contributed by atoms with E-state index in [-0.39, 0.29) is 11.5 Å². The summed E-state index contributed by atoms with van der Waals surface area (Å²) >= 11 is 1.18. The Morgan fingerprint density at radius 3 is 2.88 bits per heavy atom. The van der Waals surface area contributed by atoms with E-state index in [4.69, 9.17) is 0 Å². The van der Waals surface area contributed by atoms with Crippen molar-refractivity contribution in [2.24, 2.45) is 7.05 Å². The van der Waals surface area contributed by atoms with Gasteiger partial charge in [0.2, 0.25) is 0 Å². The number of hydrogen-bond acceptors (Lipinski definition) is 5. The predicted molar refractivity (Wildman–Crippen MR) is 62.2 cm³/mol. The quantitative estimate of drug-likeness (QED) is 0.817. The fourth-order valence-corrected chi connectivity index (χ4v) is 2.17. The smallest absolute Gasteiger partial charge is 0.294 e. The van der Waals surface area contributed by atoms with Crippen LogP contribution < -0.4 is 5.69 Å². The second kappa shape index (κ2) is 4.54. The van der Waals surface area contributed by atoms with Crippen LogP contribution in [0.2, 0.25) is 0 Å². The summed E-state index contributed by atoms with van der Waals surface area (Å²) in [5, 5.41) is 7.19. The van der Waals surface area contributed by atoms with E-state index in [1.165, 1.54) is 23.3 Å². The number of hydrogen-bond donors (Lipinski definition) is 1. The maximum absolute atomic E-state index is 11.4. The Bertz CT molecular complexity index is 617. The molecule has 2 aromatic heterocycles. The zero-order chi connectivity index (χ0) is 12.4. The van der Waals surface area contributed by atoms with Gasteiger partial charge in [0.25, 0.3) is 0 Å². The first-order valence-corrected chi connectivity index (χ1v) is 5.66. The number of nitrogens with one attached hydrogen (secondary N) is 1. The summed E-state index contributed by atoms with van der Waals surface area (Å²) in [6, 6.07) is 3.40. The molecule has 0 saturated carbocycles.